The number of nitrogens with zero attached hydrogens (tertiary/aromatic N) is 1. The fourth-order valence-corrected chi connectivity index (χ4v) is 1.94. The van der Waals surface area contributed by atoms with Crippen molar-refractivity contribution in [2.24, 2.45) is 11.7 Å². The molecule has 1 heterocycles. The Kier molecular flexibility index (Phi) is 3.55. The molecule has 1 aliphatic carbocycles. The van der Waals surface area contributed by atoms with Gasteiger partial charge in [0.25, 0.3) is 0 Å². The topological polar surface area (TPSA) is 29.3 Å². The lowest BCUT2D eigenvalue weighted by Crippen LogP contribution is -2.30. The lowest BCUT2D eigenvalue weighted by molar-refractivity contribution is 0.198. The Morgan fingerprint density at radius 2 is 2.15 bits per heavy atom. The molecule has 4 heteroatoms. The van der Waals surface area contributed by atoms with E-state index in [0.29, 0.717) is 12.5 Å². The van der Waals surface area contributed by atoms with Crippen LogP contribution in [0.15, 0.2) is 0 Å². The Hall–Kier alpha value is 0.140. The van der Waals surface area contributed by atoms with Crippen molar-refractivity contribution in [2.75, 3.05) is 26.2 Å². The maximum Gasteiger partial charge on any atom is 0.123 e. The summed E-state index contributed by atoms with van der Waals surface area (Å²) in [6.45, 7) is 3.48. The van der Waals surface area contributed by atoms with Crippen LogP contribution in [0.3, 0.4) is 0 Å². The summed E-state index contributed by atoms with van der Waals surface area (Å²) in [6, 6.07) is 0. The SMILES string of the molecule is Cl.NCC1CCN(CC2(F)CC2)C1. The van der Waals surface area contributed by atoms with Gasteiger partial charge < -0.3 is 5.73 Å². The van der Waals surface area contributed by atoms with Crippen molar-refractivity contribution >= 4 is 12.4 Å². The van der Waals surface area contributed by atoms with E-state index in [1.54, 1.807) is 0 Å². The molecule has 1 aliphatic heterocycles. The maximum absolute atomic E-state index is 13.3. The molecule has 0 amide bonds. The van der Waals surface area contributed by atoms with Gasteiger partial charge in [-0.25, -0.2) is 4.39 Å². The van der Waals surface area contributed by atoms with Crippen molar-refractivity contribution in [3.8, 4) is 0 Å². The summed E-state index contributed by atoms with van der Waals surface area (Å²) in [7, 11) is 0. The molecule has 0 spiro atoms. The van der Waals surface area contributed by atoms with Crippen LogP contribution in [0.1, 0.15) is 19.3 Å². The third kappa shape index (κ3) is 2.79. The molecule has 2 rings (SSSR count). The second kappa shape index (κ2) is 4.11. The van der Waals surface area contributed by atoms with Gasteiger partial charge in [0.2, 0.25) is 0 Å². The van der Waals surface area contributed by atoms with Crippen molar-refractivity contribution < 1.29 is 4.39 Å². The van der Waals surface area contributed by atoms with Crippen LogP contribution in [-0.4, -0.2) is 36.7 Å². The van der Waals surface area contributed by atoms with Gasteiger partial charge in [-0.1, -0.05) is 0 Å². The van der Waals surface area contributed by atoms with Crippen molar-refractivity contribution in [2.45, 2.75) is 24.9 Å². The number of hydrogen-bond acceptors (Lipinski definition) is 2. The molecule has 0 bridgehead atoms. The molecule has 1 saturated carbocycles. The molecule has 13 heavy (non-hydrogen) atoms. The van der Waals surface area contributed by atoms with Gasteiger partial charge in [0.05, 0.1) is 0 Å². The Labute approximate surface area is 85.1 Å². The minimum atomic E-state index is -0.816. The number of likely N-dealkylation sites (tertiary alicyclic amines) is 1. The number of rotatable bonds is 3. The lowest BCUT2D eigenvalue weighted by atomic mass is 10.1. The van der Waals surface area contributed by atoms with E-state index < -0.39 is 5.67 Å². The largest absolute Gasteiger partial charge is 0.330 e. The van der Waals surface area contributed by atoms with Gasteiger partial charge in [-0.2, -0.15) is 0 Å². The smallest absolute Gasteiger partial charge is 0.123 e. The van der Waals surface area contributed by atoms with Gasteiger partial charge in [0.1, 0.15) is 5.67 Å². The molecular formula is C9H18ClFN2. The van der Waals surface area contributed by atoms with Crippen LogP contribution in [0.4, 0.5) is 4.39 Å². The third-order valence-corrected chi connectivity index (χ3v) is 3.00. The van der Waals surface area contributed by atoms with Gasteiger partial charge >= 0.3 is 0 Å². The van der Waals surface area contributed by atoms with E-state index in [-0.39, 0.29) is 12.4 Å². The highest BCUT2D eigenvalue weighted by molar-refractivity contribution is 5.85. The fraction of sp³-hybridized carbons (Fsp3) is 1.00. The van der Waals surface area contributed by atoms with Crippen molar-refractivity contribution in [1.29, 1.82) is 0 Å². The molecule has 0 aromatic heterocycles. The van der Waals surface area contributed by atoms with Gasteiger partial charge in [-0.05, 0) is 38.3 Å². The zero-order chi connectivity index (χ0) is 8.60. The standard InChI is InChI=1S/C9H17FN2.ClH/c10-9(2-3-9)7-12-4-1-8(5-11)6-12;/h8H,1-7,11H2;1H. The second-order valence-corrected chi connectivity index (χ2v) is 4.28. The molecular weight excluding hydrogens is 191 g/mol. The van der Waals surface area contributed by atoms with Gasteiger partial charge in [0, 0.05) is 13.1 Å². The van der Waals surface area contributed by atoms with E-state index >= 15 is 0 Å². The van der Waals surface area contributed by atoms with Crippen molar-refractivity contribution in [1.82, 2.24) is 4.90 Å². The number of halogens is 2. The summed E-state index contributed by atoms with van der Waals surface area (Å²) in [5.41, 5.74) is 4.74. The normalized spacial score (nSPS) is 31.4. The molecule has 2 fully saturated rings. The molecule has 2 nitrogen and oxygen atoms in total. The van der Waals surface area contributed by atoms with E-state index in [4.69, 9.17) is 5.73 Å². The molecule has 1 saturated heterocycles. The van der Waals surface area contributed by atoms with E-state index in [1.807, 2.05) is 0 Å². The minimum Gasteiger partial charge on any atom is -0.330 e. The number of alkyl halides is 1. The quantitative estimate of drug-likeness (QED) is 0.755. The molecule has 1 unspecified atom stereocenters. The van der Waals surface area contributed by atoms with Gasteiger partial charge in [-0.3, -0.25) is 4.90 Å². The Bertz CT molecular complexity index is 173. The summed E-state index contributed by atoms with van der Waals surface area (Å²) in [6.07, 6.45) is 2.71. The summed E-state index contributed by atoms with van der Waals surface area (Å²) < 4.78 is 13.3. The summed E-state index contributed by atoms with van der Waals surface area (Å²) in [5, 5.41) is 0. The monoisotopic (exact) mass is 208 g/mol. The highest BCUT2D eigenvalue weighted by Crippen LogP contribution is 2.41. The Balaban J connectivity index is 0.000000845. The zero-order valence-electron chi connectivity index (χ0n) is 7.84. The predicted molar refractivity (Wildman–Crippen MR) is 53.9 cm³/mol. The molecule has 0 aromatic rings. The average Bonchev–Trinajstić information content (AvgIpc) is 2.63. The number of nitrogens with two attached hydrogens (primary N) is 1. The van der Waals surface area contributed by atoms with Gasteiger partial charge in [0.15, 0.2) is 0 Å². The second-order valence-electron chi connectivity index (χ2n) is 4.28. The van der Waals surface area contributed by atoms with Crippen LogP contribution < -0.4 is 5.73 Å². The molecule has 2 N–H and O–H groups in total. The average molecular weight is 209 g/mol. The van der Waals surface area contributed by atoms with Crippen molar-refractivity contribution in [3.05, 3.63) is 0 Å². The van der Waals surface area contributed by atoms with Crippen LogP contribution in [0, 0.1) is 5.92 Å². The van der Waals surface area contributed by atoms with Crippen LogP contribution in [-0.2, 0) is 0 Å². The summed E-state index contributed by atoms with van der Waals surface area (Å²) in [4.78, 5) is 2.23. The molecule has 78 valence electrons. The first-order chi connectivity index (χ1) is 5.72. The minimum absolute atomic E-state index is 0. The zero-order valence-corrected chi connectivity index (χ0v) is 8.65. The Morgan fingerprint density at radius 1 is 1.46 bits per heavy atom. The van der Waals surface area contributed by atoms with Crippen molar-refractivity contribution in [3.63, 3.8) is 0 Å². The van der Waals surface area contributed by atoms with Crippen LogP contribution in [0.5, 0.6) is 0 Å². The van der Waals surface area contributed by atoms with Crippen LogP contribution >= 0.6 is 12.4 Å². The number of hydrogen-bond donors (Lipinski definition) is 1. The highest BCUT2D eigenvalue weighted by atomic mass is 35.5. The summed E-state index contributed by atoms with van der Waals surface area (Å²) in [5.74, 6) is 0.618. The van der Waals surface area contributed by atoms with Gasteiger partial charge in [-0.15, -0.1) is 12.4 Å². The summed E-state index contributed by atoms with van der Waals surface area (Å²) >= 11 is 0. The van der Waals surface area contributed by atoms with Crippen LogP contribution in [0.2, 0.25) is 0 Å². The molecule has 0 radical (unpaired) electrons. The van der Waals surface area contributed by atoms with E-state index in [2.05, 4.69) is 4.90 Å². The lowest BCUT2D eigenvalue weighted by Gasteiger charge is -2.17. The first-order valence-electron chi connectivity index (χ1n) is 4.83. The highest BCUT2D eigenvalue weighted by Gasteiger charge is 2.45. The third-order valence-electron chi connectivity index (χ3n) is 3.00. The Morgan fingerprint density at radius 3 is 2.62 bits per heavy atom. The maximum atomic E-state index is 13.3. The van der Waals surface area contributed by atoms with E-state index in [0.717, 1.165) is 38.9 Å². The molecule has 0 aromatic carbocycles. The first-order valence-corrected chi connectivity index (χ1v) is 4.83. The van der Waals surface area contributed by atoms with E-state index in [9.17, 15) is 4.39 Å². The van der Waals surface area contributed by atoms with Crippen LogP contribution in [0.25, 0.3) is 0 Å². The first kappa shape index (κ1) is 11.2. The fourth-order valence-electron chi connectivity index (χ4n) is 1.94. The molecule has 1 atom stereocenters. The molecule has 2 aliphatic rings. The predicted octanol–water partition coefficient (Wildman–Crippen LogP) is 1.19. The van der Waals surface area contributed by atoms with E-state index in [1.165, 1.54) is 0 Å².